The topological polar surface area (TPSA) is 75.2 Å². The van der Waals surface area contributed by atoms with Crippen LogP contribution in [0, 0.1) is 6.92 Å². The molecule has 1 aromatic carbocycles. The SMILES string of the molecule is CCC(C)(C)NC(=O)CN(C(=O)c1csnn1)c1cccc(C)c1. The highest BCUT2D eigenvalue weighted by atomic mass is 32.1. The largest absolute Gasteiger partial charge is 0.350 e. The Bertz CT molecular complexity index is 713. The number of hydrogen-bond donors (Lipinski definition) is 1. The molecule has 1 heterocycles. The third-order valence-electron chi connectivity index (χ3n) is 3.80. The van der Waals surface area contributed by atoms with Crippen molar-refractivity contribution in [3.05, 3.63) is 40.9 Å². The molecule has 0 spiro atoms. The Kier molecular flexibility index (Phi) is 5.66. The van der Waals surface area contributed by atoms with Crippen molar-refractivity contribution in [3.8, 4) is 0 Å². The highest BCUT2D eigenvalue weighted by Gasteiger charge is 2.25. The molecule has 1 aromatic heterocycles. The Balaban J connectivity index is 2.26. The summed E-state index contributed by atoms with van der Waals surface area (Å²) in [4.78, 5) is 26.6. The van der Waals surface area contributed by atoms with Gasteiger partial charge in [-0.15, -0.1) is 5.10 Å². The first kappa shape index (κ1) is 18.1. The van der Waals surface area contributed by atoms with Crippen molar-refractivity contribution in [2.75, 3.05) is 11.4 Å². The second kappa shape index (κ2) is 7.53. The van der Waals surface area contributed by atoms with Crippen LogP contribution in [0.25, 0.3) is 0 Å². The van der Waals surface area contributed by atoms with Crippen molar-refractivity contribution in [2.24, 2.45) is 0 Å². The zero-order chi connectivity index (χ0) is 17.7. The van der Waals surface area contributed by atoms with E-state index in [4.69, 9.17) is 0 Å². The number of nitrogens with one attached hydrogen (secondary N) is 1. The average Bonchev–Trinajstić information content (AvgIpc) is 3.06. The van der Waals surface area contributed by atoms with Gasteiger partial charge < -0.3 is 5.32 Å². The summed E-state index contributed by atoms with van der Waals surface area (Å²) >= 11 is 1.11. The summed E-state index contributed by atoms with van der Waals surface area (Å²) in [5.41, 5.74) is 1.60. The fraction of sp³-hybridized carbons (Fsp3) is 0.412. The lowest BCUT2D eigenvalue weighted by atomic mass is 10.0. The number of carbonyl (C=O) groups is 2. The molecule has 6 nitrogen and oxygen atoms in total. The minimum Gasteiger partial charge on any atom is -0.350 e. The van der Waals surface area contributed by atoms with E-state index in [0.717, 1.165) is 23.5 Å². The molecule has 0 saturated carbocycles. The van der Waals surface area contributed by atoms with Crippen LogP contribution in [-0.2, 0) is 4.79 Å². The number of aromatic nitrogens is 2. The molecule has 2 amide bonds. The van der Waals surface area contributed by atoms with Crippen molar-refractivity contribution >= 4 is 29.0 Å². The molecule has 0 unspecified atom stereocenters. The first-order valence-corrected chi connectivity index (χ1v) is 8.62. The third-order valence-corrected chi connectivity index (χ3v) is 4.31. The first-order chi connectivity index (χ1) is 11.3. The molecule has 0 aliphatic heterocycles. The van der Waals surface area contributed by atoms with E-state index in [2.05, 4.69) is 14.9 Å². The quantitative estimate of drug-likeness (QED) is 0.873. The Hall–Kier alpha value is -2.28. The number of rotatable bonds is 6. The van der Waals surface area contributed by atoms with Gasteiger partial charge in [-0.05, 0) is 56.4 Å². The summed E-state index contributed by atoms with van der Waals surface area (Å²) in [6, 6.07) is 7.48. The second-order valence-electron chi connectivity index (χ2n) is 6.31. The Morgan fingerprint density at radius 2 is 2.08 bits per heavy atom. The van der Waals surface area contributed by atoms with E-state index in [1.54, 1.807) is 5.38 Å². The molecular weight excluding hydrogens is 324 g/mol. The molecule has 0 aliphatic rings. The van der Waals surface area contributed by atoms with Crippen molar-refractivity contribution in [1.29, 1.82) is 0 Å². The van der Waals surface area contributed by atoms with E-state index in [9.17, 15) is 9.59 Å². The lowest BCUT2D eigenvalue weighted by molar-refractivity contribution is -0.121. The van der Waals surface area contributed by atoms with Crippen LogP contribution in [0.15, 0.2) is 29.6 Å². The van der Waals surface area contributed by atoms with Crippen molar-refractivity contribution in [3.63, 3.8) is 0 Å². The van der Waals surface area contributed by atoms with E-state index in [0.29, 0.717) is 5.69 Å². The number of anilines is 1. The molecule has 0 fully saturated rings. The van der Waals surface area contributed by atoms with E-state index in [-0.39, 0.29) is 29.6 Å². The van der Waals surface area contributed by atoms with Crippen LogP contribution in [0.5, 0.6) is 0 Å². The highest BCUT2D eigenvalue weighted by Crippen LogP contribution is 2.19. The molecule has 0 aliphatic carbocycles. The van der Waals surface area contributed by atoms with Gasteiger partial charge in [-0.2, -0.15) is 0 Å². The van der Waals surface area contributed by atoms with Gasteiger partial charge >= 0.3 is 0 Å². The fourth-order valence-corrected chi connectivity index (χ4v) is 2.55. The van der Waals surface area contributed by atoms with E-state index in [1.807, 2.05) is 52.0 Å². The lowest BCUT2D eigenvalue weighted by Gasteiger charge is -2.27. The Labute approximate surface area is 146 Å². The van der Waals surface area contributed by atoms with Crippen LogP contribution in [-0.4, -0.2) is 33.5 Å². The van der Waals surface area contributed by atoms with Gasteiger partial charge in [0.15, 0.2) is 5.69 Å². The fourth-order valence-electron chi connectivity index (χ4n) is 2.12. The minimum absolute atomic E-state index is 0.0662. The standard InChI is InChI=1S/C17H22N4O2S/c1-5-17(3,4)18-15(22)10-21(13-8-6-7-12(2)9-13)16(23)14-11-24-20-19-14/h6-9,11H,5,10H2,1-4H3,(H,18,22). The lowest BCUT2D eigenvalue weighted by Crippen LogP contribution is -2.48. The monoisotopic (exact) mass is 346 g/mol. The van der Waals surface area contributed by atoms with Gasteiger partial charge in [0.05, 0.1) is 0 Å². The molecule has 0 saturated heterocycles. The van der Waals surface area contributed by atoms with E-state index < -0.39 is 0 Å². The smallest absolute Gasteiger partial charge is 0.280 e. The van der Waals surface area contributed by atoms with Gasteiger partial charge in [-0.1, -0.05) is 23.5 Å². The Morgan fingerprint density at radius 1 is 1.33 bits per heavy atom. The molecule has 7 heteroatoms. The number of aryl methyl sites for hydroxylation is 1. The number of carbonyl (C=O) groups excluding carboxylic acids is 2. The molecule has 1 N–H and O–H groups in total. The van der Waals surface area contributed by atoms with Crippen LogP contribution in [0.1, 0.15) is 43.2 Å². The molecule has 0 bridgehead atoms. The van der Waals surface area contributed by atoms with Crippen LogP contribution < -0.4 is 10.2 Å². The molecule has 0 atom stereocenters. The van der Waals surface area contributed by atoms with Crippen LogP contribution >= 0.6 is 11.5 Å². The van der Waals surface area contributed by atoms with Gasteiger partial charge in [0.25, 0.3) is 5.91 Å². The van der Waals surface area contributed by atoms with Gasteiger partial charge in [-0.3, -0.25) is 14.5 Å². The van der Waals surface area contributed by atoms with E-state index >= 15 is 0 Å². The summed E-state index contributed by atoms with van der Waals surface area (Å²) < 4.78 is 3.73. The summed E-state index contributed by atoms with van der Waals surface area (Å²) in [5, 5.41) is 8.37. The average molecular weight is 346 g/mol. The summed E-state index contributed by atoms with van der Waals surface area (Å²) in [5.74, 6) is -0.543. The van der Waals surface area contributed by atoms with Gasteiger partial charge in [0.1, 0.15) is 6.54 Å². The minimum atomic E-state index is -0.334. The molecule has 0 radical (unpaired) electrons. The summed E-state index contributed by atoms with van der Waals surface area (Å²) in [7, 11) is 0. The molecule has 2 rings (SSSR count). The zero-order valence-corrected chi connectivity index (χ0v) is 15.2. The molecular formula is C17H22N4O2S. The number of amides is 2. The van der Waals surface area contributed by atoms with Crippen molar-refractivity contribution < 1.29 is 9.59 Å². The van der Waals surface area contributed by atoms with Gasteiger partial charge in [0.2, 0.25) is 5.91 Å². The van der Waals surface area contributed by atoms with Crippen LogP contribution in [0.2, 0.25) is 0 Å². The van der Waals surface area contributed by atoms with Crippen LogP contribution in [0.3, 0.4) is 0 Å². The zero-order valence-electron chi connectivity index (χ0n) is 14.4. The van der Waals surface area contributed by atoms with Gasteiger partial charge in [0, 0.05) is 16.6 Å². The van der Waals surface area contributed by atoms with E-state index in [1.165, 1.54) is 4.90 Å². The highest BCUT2D eigenvalue weighted by molar-refractivity contribution is 7.03. The maximum atomic E-state index is 12.7. The first-order valence-electron chi connectivity index (χ1n) is 7.79. The summed E-state index contributed by atoms with van der Waals surface area (Å²) in [6.45, 7) is 7.78. The number of nitrogens with zero attached hydrogens (tertiary/aromatic N) is 3. The predicted molar refractivity (Wildman–Crippen MR) is 95.3 cm³/mol. The second-order valence-corrected chi connectivity index (χ2v) is 6.92. The molecule has 128 valence electrons. The Morgan fingerprint density at radius 3 is 2.67 bits per heavy atom. The normalized spacial score (nSPS) is 11.2. The van der Waals surface area contributed by atoms with Crippen molar-refractivity contribution in [1.82, 2.24) is 14.9 Å². The maximum absolute atomic E-state index is 12.7. The molecule has 24 heavy (non-hydrogen) atoms. The molecule has 2 aromatic rings. The number of benzene rings is 1. The van der Waals surface area contributed by atoms with Crippen molar-refractivity contribution in [2.45, 2.75) is 39.7 Å². The third kappa shape index (κ3) is 4.61. The number of hydrogen-bond acceptors (Lipinski definition) is 5. The summed E-state index contributed by atoms with van der Waals surface area (Å²) in [6.07, 6.45) is 0.799. The maximum Gasteiger partial charge on any atom is 0.280 e. The van der Waals surface area contributed by atoms with Crippen LogP contribution in [0.4, 0.5) is 5.69 Å². The predicted octanol–water partition coefficient (Wildman–Crippen LogP) is 2.80. The van der Waals surface area contributed by atoms with Gasteiger partial charge in [-0.25, -0.2) is 0 Å².